The molecule has 1 aliphatic heterocycles. The minimum absolute atomic E-state index is 0.118. The number of aliphatic carboxylic acids is 1. The van der Waals surface area contributed by atoms with Crippen LogP contribution in [-0.2, 0) is 9.59 Å². The molecule has 2 rings (SSSR count). The summed E-state index contributed by atoms with van der Waals surface area (Å²) in [5, 5.41) is 13.8. The van der Waals surface area contributed by atoms with Gasteiger partial charge in [-0.1, -0.05) is 0 Å². The Morgan fingerprint density at radius 2 is 2.00 bits per heavy atom. The highest BCUT2D eigenvalue weighted by Crippen LogP contribution is 2.17. The second kappa shape index (κ2) is 7.59. The molecule has 8 nitrogen and oxygen atoms in total. The Balaban J connectivity index is 1.82. The molecule has 0 bridgehead atoms. The molecule has 3 N–H and O–H groups in total. The van der Waals surface area contributed by atoms with Gasteiger partial charge in [0, 0.05) is 5.69 Å². The fourth-order valence-electron chi connectivity index (χ4n) is 2.48. The van der Waals surface area contributed by atoms with Gasteiger partial charge in [0.1, 0.15) is 11.8 Å². The molecule has 8 heteroatoms. The third-order valence-electron chi connectivity index (χ3n) is 3.60. The lowest BCUT2D eigenvalue weighted by atomic mass is 10.2. The van der Waals surface area contributed by atoms with Crippen LogP contribution in [-0.4, -0.2) is 54.2 Å². The normalized spacial score (nSPS) is 17.5. The number of ether oxygens (including phenoxy) is 1. The van der Waals surface area contributed by atoms with Crippen LogP contribution in [0.1, 0.15) is 12.8 Å². The fourth-order valence-corrected chi connectivity index (χ4v) is 2.48. The number of carbonyl (C=O) groups excluding carboxylic acids is 2. The van der Waals surface area contributed by atoms with Gasteiger partial charge < -0.3 is 15.2 Å². The highest BCUT2D eigenvalue weighted by atomic mass is 16.5. The minimum atomic E-state index is -0.946. The van der Waals surface area contributed by atoms with Crippen molar-refractivity contribution in [2.75, 3.05) is 25.5 Å². The van der Waals surface area contributed by atoms with Crippen molar-refractivity contribution in [1.82, 2.24) is 10.2 Å². The summed E-state index contributed by atoms with van der Waals surface area (Å²) in [4.78, 5) is 36.2. The maximum absolute atomic E-state index is 11.8. The zero-order valence-corrected chi connectivity index (χ0v) is 12.7. The molecule has 3 amide bonds. The number of nitrogens with zero attached hydrogens (tertiary/aromatic N) is 1. The minimum Gasteiger partial charge on any atom is -0.497 e. The molecule has 1 atom stereocenters. The van der Waals surface area contributed by atoms with Gasteiger partial charge in [0.2, 0.25) is 5.91 Å². The number of urea groups is 1. The number of carboxylic acid groups (broad SMARTS) is 1. The van der Waals surface area contributed by atoms with Gasteiger partial charge in [-0.3, -0.25) is 19.8 Å². The van der Waals surface area contributed by atoms with E-state index in [0.29, 0.717) is 24.4 Å². The first-order valence-electron chi connectivity index (χ1n) is 7.21. The number of hydrogen-bond acceptors (Lipinski definition) is 5. The largest absolute Gasteiger partial charge is 0.497 e. The average molecular weight is 321 g/mol. The van der Waals surface area contributed by atoms with Gasteiger partial charge in [0.25, 0.3) is 0 Å². The Kier molecular flexibility index (Phi) is 5.53. The van der Waals surface area contributed by atoms with Crippen LogP contribution in [0.5, 0.6) is 5.75 Å². The first kappa shape index (κ1) is 16.8. The number of hydrogen-bond donors (Lipinski definition) is 3. The van der Waals surface area contributed by atoms with Gasteiger partial charge in [-0.25, -0.2) is 4.79 Å². The van der Waals surface area contributed by atoms with Crippen LogP contribution in [0.25, 0.3) is 0 Å². The number of carboxylic acids is 1. The Morgan fingerprint density at radius 3 is 2.61 bits per heavy atom. The molecular formula is C15H19N3O5. The van der Waals surface area contributed by atoms with Crippen LogP contribution < -0.4 is 15.4 Å². The van der Waals surface area contributed by atoms with Crippen LogP contribution in [0.3, 0.4) is 0 Å². The van der Waals surface area contributed by atoms with Crippen molar-refractivity contribution < 1.29 is 24.2 Å². The van der Waals surface area contributed by atoms with E-state index in [4.69, 9.17) is 9.84 Å². The van der Waals surface area contributed by atoms with Crippen LogP contribution >= 0.6 is 0 Å². The molecule has 0 radical (unpaired) electrons. The monoisotopic (exact) mass is 321 g/mol. The standard InChI is InChI=1S/C15H19N3O5/c1-23-11-6-4-10(5-7-11)16-15(22)17-13(19)9-18-8-2-3-12(18)14(20)21/h4-7,12H,2-3,8-9H2,1H3,(H,20,21)(H2,16,17,19,22)/t12-/m1/s1. The Morgan fingerprint density at radius 1 is 1.30 bits per heavy atom. The molecule has 0 spiro atoms. The van der Waals surface area contributed by atoms with E-state index >= 15 is 0 Å². The van der Waals surface area contributed by atoms with E-state index < -0.39 is 23.9 Å². The molecule has 0 aliphatic carbocycles. The number of imide groups is 1. The predicted molar refractivity (Wildman–Crippen MR) is 82.4 cm³/mol. The number of anilines is 1. The second-order valence-electron chi connectivity index (χ2n) is 5.20. The fraction of sp³-hybridized carbons (Fsp3) is 0.400. The molecule has 124 valence electrons. The third kappa shape index (κ3) is 4.68. The van der Waals surface area contributed by atoms with Crippen LogP contribution in [0.4, 0.5) is 10.5 Å². The van der Waals surface area contributed by atoms with Crippen LogP contribution in [0.2, 0.25) is 0 Å². The maximum atomic E-state index is 11.8. The lowest BCUT2D eigenvalue weighted by Crippen LogP contribution is -2.45. The number of amides is 3. The number of nitrogens with one attached hydrogen (secondary N) is 2. The summed E-state index contributed by atoms with van der Waals surface area (Å²) in [6.45, 7) is 0.414. The van der Waals surface area contributed by atoms with Gasteiger partial charge in [-0.2, -0.15) is 0 Å². The van der Waals surface area contributed by atoms with Gasteiger partial charge in [0.15, 0.2) is 0 Å². The zero-order chi connectivity index (χ0) is 16.8. The number of rotatable bonds is 5. The summed E-state index contributed by atoms with van der Waals surface area (Å²) >= 11 is 0. The van der Waals surface area contributed by atoms with Crippen molar-refractivity contribution in [2.24, 2.45) is 0 Å². The molecule has 0 saturated carbocycles. The molecule has 23 heavy (non-hydrogen) atoms. The van der Waals surface area contributed by atoms with Gasteiger partial charge in [-0.05, 0) is 43.7 Å². The second-order valence-corrected chi connectivity index (χ2v) is 5.20. The number of benzene rings is 1. The Hall–Kier alpha value is -2.61. The van der Waals surface area contributed by atoms with E-state index in [2.05, 4.69) is 10.6 Å². The van der Waals surface area contributed by atoms with Crippen molar-refractivity contribution >= 4 is 23.6 Å². The molecule has 0 unspecified atom stereocenters. The van der Waals surface area contributed by atoms with Crippen LogP contribution in [0, 0.1) is 0 Å². The van der Waals surface area contributed by atoms with E-state index in [9.17, 15) is 14.4 Å². The molecule has 1 aromatic rings. The van der Waals surface area contributed by atoms with Crippen molar-refractivity contribution in [2.45, 2.75) is 18.9 Å². The highest BCUT2D eigenvalue weighted by Gasteiger charge is 2.31. The third-order valence-corrected chi connectivity index (χ3v) is 3.60. The number of methoxy groups -OCH3 is 1. The molecule has 1 fully saturated rings. The maximum Gasteiger partial charge on any atom is 0.325 e. The first-order valence-corrected chi connectivity index (χ1v) is 7.21. The molecule has 1 saturated heterocycles. The summed E-state index contributed by atoms with van der Waals surface area (Å²) in [5.74, 6) is -0.831. The van der Waals surface area contributed by atoms with Crippen molar-refractivity contribution in [3.8, 4) is 5.75 Å². The summed E-state index contributed by atoms with van der Waals surface area (Å²) in [6.07, 6.45) is 1.24. The lowest BCUT2D eigenvalue weighted by molar-refractivity contribution is -0.142. The van der Waals surface area contributed by atoms with E-state index in [0.717, 1.165) is 6.42 Å². The molecule has 1 aromatic carbocycles. The average Bonchev–Trinajstić information content (AvgIpc) is 2.96. The Labute approximate surface area is 133 Å². The SMILES string of the molecule is COc1ccc(NC(=O)NC(=O)CN2CCC[C@@H]2C(=O)O)cc1. The summed E-state index contributed by atoms with van der Waals surface area (Å²) in [6, 6.07) is 5.32. The smallest absolute Gasteiger partial charge is 0.325 e. The number of likely N-dealkylation sites (tertiary alicyclic amines) is 1. The van der Waals surface area contributed by atoms with Gasteiger partial charge in [-0.15, -0.1) is 0 Å². The van der Waals surface area contributed by atoms with E-state index in [-0.39, 0.29) is 6.54 Å². The van der Waals surface area contributed by atoms with Gasteiger partial charge >= 0.3 is 12.0 Å². The van der Waals surface area contributed by atoms with E-state index in [1.807, 2.05) is 0 Å². The van der Waals surface area contributed by atoms with Crippen LogP contribution in [0.15, 0.2) is 24.3 Å². The summed E-state index contributed by atoms with van der Waals surface area (Å²) < 4.78 is 5.01. The zero-order valence-electron chi connectivity index (χ0n) is 12.7. The first-order chi connectivity index (χ1) is 11.0. The number of carbonyl (C=O) groups is 3. The van der Waals surface area contributed by atoms with Crippen molar-refractivity contribution in [1.29, 1.82) is 0 Å². The van der Waals surface area contributed by atoms with E-state index in [1.54, 1.807) is 29.2 Å². The Bertz CT molecular complexity index is 587. The quantitative estimate of drug-likeness (QED) is 0.743. The summed E-state index contributed by atoms with van der Waals surface area (Å²) in [5.41, 5.74) is 0.515. The molecule has 1 aliphatic rings. The predicted octanol–water partition coefficient (Wildman–Crippen LogP) is 0.892. The lowest BCUT2D eigenvalue weighted by Gasteiger charge is -2.19. The van der Waals surface area contributed by atoms with Crippen molar-refractivity contribution in [3.05, 3.63) is 24.3 Å². The molecular weight excluding hydrogens is 302 g/mol. The molecule has 1 heterocycles. The van der Waals surface area contributed by atoms with Gasteiger partial charge in [0.05, 0.1) is 13.7 Å². The topological polar surface area (TPSA) is 108 Å². The summed E-state index contributed by atoms with van der Waals surface area (Å²) in [7, 11) is 1.54. The highest BCUT2D eigenvalue weighted by molar-refractivity contribution is 6.01. The van der Waals surface area contributed by atoms with Crippen molar-refractivity contribution in [3.63, 3.8) is 0 Å². The van der Waals surface area contributed by atoms with E-state index in [1.165, 1.54) is 7.11 Å². The molecule has 0 aromatic heterocycles.